The van der Waals surface area contributed by atoms with Gasteiger partial charge in [-0.1, -0.05) is 59.8 Å². The van der Waals surface area contributed by atoms with Gasteiger partial charge >= 0.3 is 0 Å². The van der Waals surface area contributed by atoms with Gasteiger partial charge in [-0.15, -0.1) is 10.2 Å². The van der Waals surface area contributed by atoms with Crippen LogP contribution in [0.5, 0.6) is 0 Å². The molecule has 1 saturated heterocycles. The topological polar surface area (TPSA) is 152 Å². The molecule has 252 valence electrons. The van der Waals surface area contributed by atoms with Gasteiger partial charge in [0.1, 0.15) is 6.04 Å². The van der Waals surface area contributed by atoms with Crippen LogP contribution in [0.1, 0.15) is 74.4 Å². The summed E-state index contributed by atoms with van der Waals surface area (Å²) in [6.07, 6.45) is 4.06. The molecular weight excluding hydrogens is 614 g/mol. The van der Waals surface area contributed by atoms with Crippen molar-refractivity contribution in [2.24, 2.45) is 0 Å². The number of carbonyl (C=O) groups excluding carboxylic acids is 2. The van der Waals surface area contributed by atoms with Gasteiger partial charge in [0.2, 0.25) is 5.91 Å². The Morgan fingerprint density at radius 3 is 2.37 bits per heavy atom. The van der Waals surface area contributed by atoms with Gasteiger partial charge in [-0.05, 0) is 97.0 Å². The summed E-state index contributed by atoms with van der Waals surface area (Å²) in [7, 11) is 3.49. The maximum absolute atomic E-state index is 13.5. The molecule has 1 aromatic heterocycles. The second kappa shape index (κ2) is 14.4. The summed E-state index contributed by atoms with van der Waals surface area (Å²) in [6, 6.07) is 22.4. The van der Waals surface area contributed by atoms with E-state index in [4.69, 9.17) is 0 Å². The minimum Gasteiger partial charge on any atom is -0.388 e. The first-order valence-electron chi connectivity index (χ1n) is 16.8. The van der Waals surface area contributed by atoms with Crippen LogP contribution in [0.4, 0.5) is 0 Å². The van der Waals surface area contributed by atoms with Crippen molar-refractivity contribution in [3.63, 3.8) is 0 Å². The minimum absolute atomic E-state index is 0.0846. The standard InChI is InChI=1S/C38H43N9O2/c1-24-7-9-26(10-8-24)18-31(42-23-35(48)47-17-5-6-32(47)22-39)21-38(37-43-45-46-44-37)33-15-13-27(25(2)40-3)19-28(33)11-12-29-20-30(36(49)41-4)14-16-34(29)38/h7-10,13-16,19-20,31-32,40,42H,2,5-6,11-12,17-18,21,23H2,1,3-4H3,(H,41,49)(H,43,44,45,46)/t31-,32?,38?/m1/s1. The molecule has 4 aromatic rings. The van der Waals surface area contributed by atoms with E-state index in [1.165, 1.54) is 5.56 Å². The van der Waals surface area contributed by atoms with E-state index in [-0.39, 0.29) is 24.4 Å². The van der Waals surface area contributed by atoms with Gasteiger partial charge < -0.3 is 20.9 Å². The number of amides is 2. The lowest BCUT2D eigenvalue weighted by atomic mass is 9.67. The van der Waals surface area contributed by atoms with Crippen molar-refractivity contribution in [3.8, 4) is 6.07 Å². The number of H-pyrrole nitrogens is 1. The number of nitriles is 1. The number of rotatable bonds is 11. The van der Waals surface area contributed by atoms with Crippen molar-refractivity contribution < 1.29 is 9.59 Å². The number of aromatic amines is 1. The molecule has 4 N–H and O–H groups in total. The highest BCUT2D eigenvalue weighted by Crippen LogP contribution is 2.47. The van der Waals surface area contributed by atoms with E-state index in [0.717, 1.165) is 51.9 Å². The Morgan fingerprint density at radius 2 is 1.73 bits per heavy atom. The Labute approximate surface area is 287 Å². The number of tetrazole rings is 1. The fraction of sp³-hybridized carbons (Fsp3) is 0.368. The number of hydrogen-bond acceptors (Lipinski definition) is 8. The second-order valence-corrected chi connectivity index (χ2v) is 13.0. The molecule has 3 aromatic carbocycles. The number of nitrogens with one attached hydrogen (secondary N) is 4. The van der Waals surface area contributed by atoms with Crippen LogP contribution in [0, 0.1) is 18.3 Å². The van der Waals surface area contributed by atoms with Crippen LogP contribution < -0.4 is 16.0 Å². The monoisotopic (exact) mass is 657 g/mol. The van der Waals surface area contributed by atoms with Crippen LogP contribution in [0.15, 0.2) is 67.2 Å². The highest BCUT2D eigenvalue weighted by molar-refractivity contribution is 5.94. The van der Waals surface area contributed by atoms with Gasteiger partial charge in [0.25, 0.3) is 5.91 Å². The lowest BCUT2D eigenvalue weighted by molar-refractivity contribution is -0.130. The molecule has 2 amide bonds. The summed E-state index contributed by atoms with van der Waals surface area (Å²) in [4.78, 5) is 28.1. The summed E-state index contributed by atoms with van der Waals surface area (Å²) < 4.78 is 0. The minimum atomic E-state index is -0.900. The van der Waals surface area contributed by atoms with E-state index >= 15 is 0 Å². The number of likely N-dealkylation sites (tertiary alicyclic amines) is 1. The van der Waals surface area contributed by atoms with Gasteiger partial charge in [-0.25, -0.2) is 0 Å². The molecule has 3 atom stereocenters. The second-order valence-electron chi connectivity index (χ2n) is 13.0. The first kappa shape index (κ1) is 33.6. The predicted molar refractivity (Wildman–Crippen MR) is 187 cm³/mol. The predicted octanol–water partition coefficient (Wildman–Crippen LogP) is 3.60. The third-order valence-electron chi connectivity index (χ3n) is 10.1. The molecule has 2 unspecified atom stereocenters. The van der Waals surface area contributed by atoms with E-state index in [1.807, 2.05) is 25.2 Å². The first-order valence-corrected chi connectivity index (χ1v) is 16.8. The molecule has 0 spiro atoms. The molecule has 1 fully saturated rings. The van der Waals surface area contributed by atoms with E-state index in [0.29, 0.717) is 43.6 Å². The number of benzene rings is 3. The van der Waals surface area contributed by atoms with Gasteiger partial charge in [-0.2, -0.15) is 10.5 Å². The van der Waals surface area contributed by atoms with Crippen molar-refractivity contribution in [1.82, 2.24) is 41.5 Å². The molecule has 1 aliphatic heterocycles. The Hall–Kier alpha value is -5.34. The zero-order chi connectivity index (χ0) is 34.5. The summed E-state index contributed by atoms with van der Waals surface area (Å²) in [6.45, 7) is 6.95. The maximum Gasteiger partial charge on any atom is 0.251 e. The number of aromatic nitrogens is 4. The van der Waals surface area contributed by atoms with Crippen molar-refractivity contribution in [3.05, 3.63) is 118 Å². The van der Waals surface area contributed by atoms with Crippen molar-refractivity contribution in [1.29, 1.82) is 5.26 Å². The van der Waals surface area contributed by atoms with Crippen LogP contribution in [-0.2, 0) is 29.5 Å². The molecule has 49 heavy (non-hydrogen) atoms. The normalized spacial score (nSPS) is 18.8. The SMILES string of the molecule is C=C(NC)c1ccc2c(c1)CCc1cc(C(=O)NC)ccc1C2(C[C@@H](Cc1ccc(C)cc1)NCC(=O)N1CCCC1C#N)c1nn[nH]n1. The molecule has 2 aliphatic rings. The molecule has 11 heteroatoms. The molecule has 0 saturated carbocycles. The van der Waals surface area contributed by atoms with Crippen molar-refractivity contribution in [2.45, 2.75) is 62.9 Å². The quantitative estimate of drug-likeness (QED) is 0.191. The first-order chi connectivity index (χ1) is 23.8. The average molecular weight is 658 g/mol. The molecule has 11 nitrogen and oxygen atoms in total. The summed E-state index contributed by atoms with van der Waals surface area (Å²) in [5.74, 6) is 0.270. The summed E-state index contributed by atoms with van der Waals surface area (Å²) >= 11 is 0. The van der Waals surface area contributed by atoms with E-state index in [9.17, 15) is 14.9 Å². The number of hydrogen-bond donors (Lipinski definition) is 4. The highest BCUT2D eigenvalue weighted by atomic mass is 16.2. The molecule has 0 bridgehead atoms. The summed E-state index contributed by atoms with van der Waals surface area (Å²) in [5.41, 5.74) is 7.95. The maximum atomic E-state index is 13.5. The van der Waals surface area contributed by atoms with E-state index in [1.54, 1.807) is 11.9 Å². The van der Waals surface area contributed by atoms with Crippen LogP contribution in [0.25, 0.3) is 5.70 Å². The molecule has 0 radical (unpaired) electrons. The van der Waals surface area contributed by atoms with E-state index < -0.39 is 11.5 Å². The number of nitrogens with zero attached hydrogens (tertiary/aromatic N) is 5. The number of carbonyl (C=O) groups is 2. The van der Waals surface area contributed by atoms with E-state index in [2.05, 4.69) is 98.6 Å². The molecule has 1 aliphatic carbocycles. The Balaban J connectivity index is 1.50. The van der Waals surface area contributed by atoms with Crippen LogP contribution in [0.2, 0.25) is 0 Å². The van der Waals surface area contributed by atoms with Gasteiger partial charge in [0.15, 0.2) is 5.82 Å². The zero-order valence-corrected chi connectivity index (χ0v) is 28.3. The Kier molecular flexibility index (Phi) is 9.87. The van der Waals surface area contributed by atoms with Gasteiger partial charge in [-0.3, -0.25) is 9.59 Å². The van der Waals surface area contributed by atoms with Crippen LogP contribution in [0.3, 0.4) is 0 Å². The molecular formula is C38H43N9O2. The Bertz CT molecular complexity index is 1810. The largest absolute Gasteiger partial charge is 0.388 e. The molecule has 2 heterocycles. The van der Waals surface area contributed by atoms with Gasteiger partial charge in [0.05, 0.1) is 18.0 Å². The van der Waals surface area contributed by atoms with Crippen molar-refractivity contribution >= 4 is 17.5 Å². The van der Waals surface area contributed by atoms with Gasteiger partial charge in [0, 0.05) is 37.9 Å². The lowest BCUT2D eigenvalue weighted by Crippen LogP contribution is -2.47. The summed E-state index contributed by atoms with van der Waals surface area (Å²) in [5, 5.41) is 35.3. The zero-order valence-electron chi connectivity index (χ0n) is 28.3. The third-order valence-corrected chi connectivity index (χ3v) is 10.1. The van der Waals surface area contributed by atoms with Crippen LogP contribution in [-0.4, -0.2) is 76.6 Å². The number of fused-ring (bicyclic) bond motifs is 2. The fourth-order valence-electron chi connectivity index (χ4n) is 7.49. The lowest BCUT2D eigenvalue weighted by Gasteiger charge is -2.37. The average Bonchev–Trinajstić information content (AvgIpc) is 3.83. The van der Waals surface area contributed by atoms with Crippen molar-refractivity contribution in [2.75, 3.05) is 27.2 Å². The fourth-order valence-corrected chi connectivity index (χ4v) is 7.49. The Morgan fingerprint density at radius 1 is 1.04 bits per heavy atom. The molecule has 6 rings (SSSR count). The highest BCUT2D eigenvalue weighted by Gasteiger charge is 2.46. The van der Waals surface area contributed by atoms with Crippen LogP contribution >= 0.6 is 0 Å². The smallest absolute Gasteiger partial charge is 0.251 e. The number of aryl methyl sites for hydroxylation is 3. The third kappa shape index (κ3) is 6.69.